The summed E-state index contributed by atoms with van der Waals surface area (Å²) in [5.74, 6) is 0.629. The number of allylic oxidation sites excluding steroid dienone is 1. The first-order valence-corrected chi connectivity index (χ1v) is 17.3. The van der Waals surface area contributed by atoms with Gasteiger partial charge in [0.25, 0.3) is 0 Å². The third-order valence-electron chi connectivity index (χ3n) is 8.12. The molecule has 2 nitrogen and oxygen atoms in total. The fourth-order valence-corrected chi connectivity index (χ4v) is 8.22. The molecule has 0 aliphatic carbocycles. The molecule has 0 fully saturated rings. The summed E-state index contributed by atoms with van der Waals surface area (Å²) in [5, 5.41) is 4.02. The maximum absolute atomic E-state index is 5.15. The van der Waals surface area contributed by atoms with Crippen LogP contribution >= 0.6 is 0 Å². The second kappa shape index (κ2) is 14.6. The minimum absolute atomic E-state index is 0.629. The van der Waals surface area contributed by atoms with E-state index in [1.54, 1.807) is 0 Å². The molecule has 1 radical (unpaired) electrons. The number of hydrogen-bond acceptors (Lipinski definition) is 1. The van der Waals surface area contributed by atoms with Crippen molar-refractivity contribution in [2.75, 3.05) is 0 Å². The maximum Gasteiger partial charge on any atom is 0.160 e. The fraction of sp³-hybridized carbons (Fsp3) is 0.0455. The minimum atomic E-state index is -1.20. The highest BCUT2D eigenvalue weighted by Gasteiger charge is 2.20. The monoisotopic (exact) mass is 621 g/mol. The van der Waals surface area contributed by atoms with E-state index in [-0.39, 0.29) is 0 Å². The Morgan fingerprint density at radius 2 is 0.915 bits per heavy atom. The van der Waals surface area contributed by atoms with Crippen LogP contribution in [0.3, 0.4) is 0 Å². The third-order valence-corrected chi connectivity index (χ3v) is 10.8. The summed E-state index contributed by atoms with van der Waals surface area (Å²) < 4.78 is 0. The Kier molecular flexibility index (Phi) is 9.76. The lowest BCUT2D eigenvalue weighted by Gasteiger charge is -2.17. The van der Waals surface area contributed by atoms with E-state index in [0.29, 0.717) is 11.5 Å². The Labute approximate surface area is 280 Å². The summed E-state index contributed by atoms with van der Waals surface area (Å²) in [5.41, 5.74) is 8.93. The standard InChI is InChI=1S/C44H37N2Si/c1-32(2)36-19-14-22-39(29-36)40-23-15-20-37(30-40)33(3)45-44(35-17-8-5-9-18-35)46-34(4)38-21-16-28-43(31-38)47(41-24-10-6-11-25-41)42-26-12-7-13-27-42/h5-31H,1,3H2,2,4H3. The molecule has 0 amide bonds. The van der Waals surface area contributed by atoms with E-state index in [0.717, 1.165) is 44.7 Å². The topological polar surface area (TPSA) is 24.7 Å². The van der Waals surface area contributed by atoms with E-state index in [9.17, 15) is 0 Å². The van der Waals surface area contributed by atoms with Gasteiger partial charge in [-0.1, -0.05) is 181 Å². The number of hydrogen-bond donors (Lipinski definition) is 0. The first-order valence-electron chi connectivity index (χ1n) is 15.8. The second-order valence-electron chi connectivity index (χ2n) is 11.6. The quantitative estimate of drug-likeness (QED) is 0.0667. The van der Waals surface area contributed by atoms with Crippen molar-refractivity contribution in [1.82, 2.24) is 0 Å². The molecular weight excluding hydrogens is 585 g/mol. The number of nitrogens with zero attached hydrogens (tertiary/aromatic N) is 2. The van der Waals surface area contributed by atoms with Crippen LogP contribution in [0.15, 0.2) is 187 Å². The molecule has 0 N–H and O–H groups in total. The van der Waals surface area contributed by atoms with E-state index in [1.165, 1.54) is 15.6 Å². The largest absolute Gasteiger partial charge is 0.233 e. The van der Waals surface area contributed by atoms with E-state index in [2.05, 4.69) is 154 Å². The predicted molar refractivity (Wildman–Crippen MR) is 205 cm³/mol. The van der Waals surface area contributed by atoms with Crippen LogP contribution < -0.4 is 15.6 Å². The predicted octanol–water partition coefficient (Wildman–Crippen LogP) is 8.83. The maximum atomic E-state index is 5.15. The third kappa shape index (κ3) is 7.61. The molecule has 0 aliphatic heterocycles. The zero-order valence-corrected chi connectivity index (χ0v) is 27.9. The van der Waals surface area contributed by atoms with Crippen LogP contribution in [0.2, 0.25) is 0 Å². The molecule has 6 rings (SSSR count). The number of rotatable bonds is 9. The first-order chi connectivity index (χ1) is 23.0. The molecule has 0 atom stereocenters. The summed E-state index contributed by atoms with van der Waals surface area (Å²) in [6, 6.07) is 57.4. The summed E-state index contributed by atoms with van der Waals surface area (Å²) in [6.45, 7) is 12.6. The van der Waals surface area contributed by atoms with E-state index in [1.807, 2.05) is 37.3 Å². The van der Waals surface area contributed by atoms with Gasteiger partial charge in [-0.15, -0.1) is 0 Å². The number of amidine groups is 1. The van der Waals surface area contributed by atoms with Crippen LogP contribution in [0, 0.1) is 0 Å². The molecule has 0 saturated carbocycles. The molecule has 47 heavy (non-hydrogen) atoms. The van der Waals surface area contributed by atoms with Gasteiger partial charge in [0.1, 0.15) is 0 Å². The Morgan fingerprint density at radius 3 is 1.51 bits per heavy atom. The zero-order valence-electron chi connectivity index (χ0n) is 26.9. The smallest absolute Gasteiger partial charge is 0.160 e. The van der Waals surface area contributed by atoms with Gasteiger partial charge in [-0.3, -0.25) is 0 Å². The lowest BCUT2D eigenvalue weighted by Crippen LogP contribution is -2.52. The van der Waals surface area contributed by atoms with Gasteiger partial charge in [0.15, 0.2) is 14.6 Å². The molecule has 0 aromatic heterocycles. The van der Waals surface area contributed by atoms with Crippen LogP contribution in [-0.2, 0) is 0 Å². The van der Waals surface area contributed by atoms with Crippen molar-refractivity contribution < 1.29 is 0 Å². The van der Waals surface area contributed by atoms with Crippen LogP contribution in [0.1, 0.15) is 36.1 Å². The average molecular weight is 622 g/mol. The lowest BCUT2D eigenvalue weighted by molar-refractivity contribution is 1.44. The van der Waals surface area contributed by atoms with Crippen molar-refractivity contribution >= 4 is 47.2 Å². The first kappa shape index (κ1) is 31.3. The van der Waals surface area contributed by atoms with Crippen LogP contribution in [-0.4, -0.2) is 20.3 Å². The SMILES string of the molecule is C=C(C)c1cccc(-c2cccc(C(=C)N=C(N=C(C)c3cccc([Si](c4ccccc4)c4ccccc4)c3)c3ccccc3)c2)c1. The van der Waals surface area contributed by atoms with Crippen molar-refractivity contribution in [3.63, 3.8) is 0 Å². The molecule has 0 spiro atoms. The van der Waals surface area contributed by atoms with Gasteiger partial charge in [-0.25, -0.2) is 9.98 Å². The lowest BCUT2D eigenvalue weighted by atomic mass is 9.98. The highest BCUT2D eigenvalue weighted by atomic mass is 28.3. The van der Waals surface area contributed by atoms with Gasteiger partial charge in [-0.05, 0) is 53.4 Å². The van der Waals surface area contributed by atoms with E-state index >= 15 is 0 Å². The van der Waals surface area contributed by atoms with Crippen molar-refractivity contribution in [3.8, 4) is 11.1 Å². The summed E-state index contributed by atoms with van der Waals surface area (Å²) in [7, 11) is -1.20. The Balaban J connectivity index is 1.37. The Bertz CT molecular complexity index is 2040. The zero-order chi connectivity index (χ0) is 32.6. The summed E-state index contributed by atoms with van der Waals surface area (Å²) >= 11 is 0. The highest BCUT2D eigenvalue weighted by Crippen LogP contribution is 2.27. The van der Waals surface area contributed by atoms with Crippen LogP contribution in [0.4, 0.5) is 0 Å². The Hall–Kier alpha value is -5.64. The van der Waals surface area contributed by atoms with Crippen molar-refractivity contribution in [1.29, 1.82) is 0 Å². The van der Waals surface area contributed by atoms with Gasteiger partial charge in [0.2, 0.25) is 0 Å². The van der Waals surface area contributed by atoms with Gasteiger partial charge in [0, 0.05) is 16.8 Å². The fourth-order valence-electron chi connectivity index (χ4n) is 5.61. The van der Waals surface area contributed by atoms with Crippen molar-refractivity contribution in [2.24, 2.45) is 9.98 Å². The summed E-state index contributed by atoms with van der Waals surface area (Å²) in [6.07, 6.45) is 0. The Morgan fingerprint density at radius 1 is 0.447 bits per heavy atom. The van der Waals surface area contributed by atoms with Crippen molar-refractivity contribution in [3.05, 3.63) is 199 Å². The van der Waals surface area contributed by atoms with E-state index < -0.39 is 8.80 Å². The molecule has 6 aromatic rings. The molecule has 3 heteroatoms. The molecule has 0 unspecified atom stereocenters. The minimum Gasteiger partial charge on any atom is -0.233 e. The second-order valence-corrected chi connectivity index (χ2v) is 14.1. The van der Waals surface area contributed by atoms with Gasteiger partial charge >= 0.3 is 0 Å². The molecule has 227 valence electrons. The number of aliphatic imine (C=N–C) groups is 2. The van der Waals surface area contributed by atoms with Crippen LogP contribution in [0.25, 0.3) is 22.4 Å². The highest BCUT2D eigenvalue weighted by molar-refractivity contribution is 6.95. The molecule has 0 aliphatic rings. The average Bonchev–Trinajstić information content (AvgIpc) is 3.13. The number of benzene rings is 6. The van der Waals surface area contributed by atoms with Gasteiger partial charge < -0.3 is 0 Å². The molecule has 0 saturated heterocycles. The van der Waals surface area contributed by atoms with Gasteiger partial charge in [-0.2, -0.15) is 0 Å². The molecule has 6 aromatic carbocycles. The van der Waals surface area contributed by atoms with E-state index in [4.69, 9.17) is 9.98 Å². The summed E-state index contributed by atoms with van der Waals surface area (Å²) in [4.78, 5) is 10.2. The molecular formula is C44H37N2Si. The van der Waals surface area contributed by atoms with Gasteiger partial charge in [0.05, 0.1) is 5.70 Å². The molecule has 0 heterocycles. The van der Waals surface area contributed by atoms with Crippen molar-refractivity contribution in [2.45, 2.75) is 13.8 Å². The molecule has 0 bridgehead atoms. The van der Waals surface area contributed by atoms with Crippen LogP contribution in [0.5, 0.6) is 0 Å². The normalized spacial score (nSPS) is 11.8.